The van der Waals surface area contributed by atoms with Gasteiger partial charge in [-0.15, -0.1) is 16.4 Å². The first-order valence-corrected chi connectivity index (χ1v) is 10.5. The number of fused-ring (bicyclic) bond motifs is 1. The van der Waals surface area contributed by atoms with Crippen molar-refractivity contribution in [1.29, 1.82) is 0 Å². The molecule has 0 atom stereocenters. The van der Waals surface area contributed by atoms with Gasteiger partial charge in [0.05, 0.1) is 12.1 Å². The fraction of sp³-hybridized carbons (Fsp3) is 0.286. The fourth-order valence-corrected chi connectivity index (χ4v) is 4.10. The molecular formula is C21H19F3N6OS. The van der Waals surface area contributed by atoms with Crippen LogP contribution in [0, 0.1) is 27.7 Å². The molecule has 0 bridgehead atoms. The Kier molecular flexibility index (Phi) is 5.45. The van der Waals surface area contributed by atoms with Crippen LogP contribution in [-0.2, 0) is 17.4 Å². The molecule has 1 N–H and O–H groups in total. The highest BCUT2D eigenvalue weighted by atomic mass is 32.1. The van der Waals surface area contributed by atoms with E-state index in [1.54, 1.807) is 13.8 Å². The van der Waals surface area contributed by atoms with Gasteiger partial charge >= 0.3 is 6.18 Å². The third kappa shape index (κ3) is 4.20. The number of aryl methyl sites for hydroxylation is 4. The number of halogens is 3. The van der Waals surface area contributed by atoms with Crippen molar-refractivity contribution in [1.82, 2.24) is 24.6 Å². The van der Waals surface area contributed by atoms with Gasteiger partial charge in [0.1, 0.15) is 0 Å². The number of anilines is 1. The number of carbonyl (C=O) groups is 1. The predicted octanol–water partition coefficient (Wildman–Crippen LogP) is 4.68. The number of amides is 1. The Morgan fingerprint density at radius 3 is 2.59 bits per heavy atom. The number of thiazole rings is 1. The second kappa shape index (κ2) is 7.97. The van der Waals surface area contributed by atoms with Gasteiger partial charge in [-0.25, -0.2) is 14.5 Å². The Bertz CT molecular complexity index is 1340. The quantitative estimate of drug-likeness (QED) is 0.478. The molecule has 0 radical (unpaired) electrons. The summed E-state index contributed by atoms with van der Waals surface area (Å²) in [5.41, 5.74) is 5.23. The Hall–Kier alpha value is -3.34. The van der Waals surface area contributed by atoms with Gasteiger partial charge in [0, 0.05) is 27.9 Å². The molecule has 1 aromatic carbocycles. The van der Waals surface area contributed by atoms with Gasteiger partial charge in [0.2, 0.25) is 5.91 Å². The van der Waals surface area contributed by atoms with Gasteiger partial charge < -0.3 is 5.32 Å². The summed E-state index contributed by atoms with van der Waals surface area (Å²) in [5.74, 6) is -1.78. The monoisotopic (exact) mass is 460 g/mol. The van der Waals surface area contributed by atoms with E-state index < -0.39 is 12.0 Å². The molecule has 0 saturated carbocycles. The molecule has 0 aliphatic carbocycles. The van der Waals surface area contributed by atoms with Crippen LogP contribution in [0.3, 0.4) is 0 Å². The first-order valence-electron chi connectivity index (χ1n) is 9.66. The Labute approximate surface area is 185 Å². The number of carbonyl (C=O) groups excluding carboxylic acids is 1. The maximum Gasteiger partial charge on any atom is 0.453 e. The van der Waals surface area contributed by atoms with Crippen molar-refractivity contribution >= 4 is 28.2 Å². The van der Waals surface area contributed by atoms with Crippen LogP contribution in [-0.4, -0.2) is 30.5 Å². The van der Waals surface area contributed by atoms with Gasteiger partial charge in [0.15, 0.2) is 5.13 Å². The van der Waals surface area contributed by atoms with E-state index in [0.717, 1.165) is 26.9 Å². The molecule has 11 heteroatoms. The summed E-state index contributed by atoms with van der Waals surface area (Å²) in [4.78, 5) is 24.7. The molecule has 3 aromatic heterocycles. The van der Waals surface area contributed by atoms with Crippen LogP contribution in [0.15, 0.2) is 23.6 Å². The van der Waals surface area contributed by atoms with Gasteiger partial charge in [-0.3, -0.25) is 4.79 Å². The van der Waals surface area contributed by atoms with Crippen LogP contribution in [0.1, 0.15) is 33.9 Å². The molecule has 0 spiro atoms. The van der Waals surface area contributed by atoms with E-state index in [1.807, 2.05) is 37.4 Å². The standard InChI is InChI=1S/C21H19F3N6OS/c1-10-5-6-11(2)14(7-10)16-9-32-20(26-16)27-17(31)8-15-12(3)25-19-28-18(21(22,23)24)29-30(19)13(15)4/h5-7,9H,8H2,1-4H3,(H,26,27,31). The van der Waals surface area contributed by atoms with Crippen molar-refractivity contribution in [3.63, 3.8) is 0 Å². The number of nitrogens with zero attached hydrogens (tertiary/aromatic N) is 5. The maximum atomic E-state index is 12.9. The van der Waals surface area contributed by atoms with Crippen molar-refractivity contribution in [3.05, 3.63) is 57.5 Å². The number of alkyl halides is 3. The largest absolute Gasteiger partial charge is 0.453 e. The lowest BCUT2D eigenvalue weighted by Crippen LogP contribution is -2.17. The number of hydrogen-bond donors (Lipinski definition) is 1. The number of benzene rings is 1. The molecule has 0 aliphatic rings. The van der Waals surface area contributed by atoms with Crippen molar-refractivity contribution in [3.8, 4) is 11.3 Å². The van der Waals surface area contributed by atoms with E-state index in [4.69, 9.17) is 0 Å². The zero-order chi connectivity index (χ0) is 23.2. The molecule has 0 aliphatic heterocycles. The second-order valence-electron chi connectivity index (χ2n) is 7.49. The predicted molar refractivity (Wildman–Crippen MR) is 115 cm³/mol. The number of hydrogen-bond acceptors (Lipinski definition) is 6. The van der Waals surface area contributed by atoms with Crippen LogP contribution in [0.4, 0.5) is 18.3 Å². The fourth-order valence-electron chi connectivity index (χ4n) is 3.37. The average molecular weight is 460 g/mol. The minimum absolute atomic E-state index is 0.0831. The van der Waals surface area contributed by atoms with E-state index in [1.165, 1.54) is 11.3 Å². The maximum absolute atomic E-state index is 12.9. The Morgan fingerprint density at radius 1 is 1.12 bits per heavy atom. The van der Waals surface area contributed by atoms with Crippen LogP contribution in [0.5, 0.6) is 0 Å². The first-order chi connectivity index (χ1) is 15.0. The highest BCUT2D eigenvalue weighted by Crippen LogP contribution is 2.29. The van der Waals surface area contributed by atoms with Crippen LogP contribution in [0.2, 0.25) is 0 Å². The molecule has 1 amide bonds. The van der Waals surface area contributed by atoms with Crippen LogP contribution >= 0.6 is 11.3 Å². The third-order valence-corrected chi connectivity index (χ3v) is 5.82. The summed E-state index contributed by atoms with van der Waals surface area (Å²) in [7, 11) is 0. The lowest BCUT2D eigenvalue weighted by molar-refractivity contribution is -0.144. The zero-order valence-electron chi connectivity index (χ0n) is 17.7. The van der Waals surface area contributed by atoms with E-state index in [-0.39, 0.29) is 18.1 Å². The van der Waals surface area contributed by atoms with E-state index in [0.29, 0.717) is 22.1 Å². The van der Waals surface area contributed by atoms with E-state index in [9.17, 15) is 18.0 Å². The van der Waals surface area contributed by atoms with Crippen LogP contribution < -0.4 is 5.32 Å². The second-order valence-corrected chi connectivity index (χ2v) is 8.35. The van der Waals surface area contributed by atoms with Crippen molar-refractivity contribution < 1.29 is 18.0 Å². The average Bonchev–Trinajstić information content (AvgIpc) is 3.34. The van der Waals surface area contributed by atoms with Gasteiger partial charge in [0.25, 0.3) is 11.6 Å². The highest BCUT2D eigenvalue weighted by molar-refractivity contribution is 7.14. The topological polar surface area (TPSA) is 85.1 Å². The van der Waals surface area contributed by atoms with Crippen molar-refractivity contribution in [2.75, 3.05) is 5.32 Å². The van der Waals surface area contributed by atoms with Crippen LogP contribution in [0.25, 0.3) is 17.0 Å². The van der Waals surface area contributed by atoms with Gasteiger partial charge in [-0.1, -0.05) is 17.7 Å². The molecule has 4 rings (SSSR count). The van der Waals surface area contributed by atoms with Crippen molar-refractivity contribution in [2.24, 2.45) is 0 Å². The third-order valence-electron chi connectivity index (χ3n) is 5.06. The minimum atomic E-state index is -4.68. The van der Waals surface area contributed by atoms with Crippen molar-refractivity contribution in [2.45, 2.75) is 40.3 Å². The molecule has 0 saturated heterocycles. The molecule has 166 valence electrons. The molecule has 32 heavy (non-hydrogen) atoms. The SMILES string of the molecule is Cc1ccc(C)c(-c2csc(NC(=O)Cc3c(C)nc4nc(C(F)(F)F)nn4c3C)n2)c1. The Balaban J connectivity index is 1.56. The summed E-state index contributed by atoms with van der Waals surface area (Å²) in [6.45, 7) is 7.20. The number of nitrogens with one attached hydrogen (secondary N) is 1. The summed E-state index contributed by atoms with van der Waals surface area (Å²) in [5, 5.41) is 8.58. The molecule has 3 heterocycles. The lowest BCUT2D eigenvalue weighted by atomic mass is 10.0. The zero-order valence-corrected chi connectivity index (χ0v) is 18.5. The number of rotatable bonds is 4. The highest BCUT2D eigenvalue weighted by Gasteiger charge is 2.37. The smallest absolute Gasteiger partial charge is 0.302 e. The van der Waals surface area contributed by atoms with E-state index >= 15 is 0 Å². The molecule has 7 nitrogen and oxygen atoms in total. The summed E-state index contributed by atoms with van der Waals surface area (Å²) >= 11 is 1.30. The summed E-state index contributed by atoms with van der Waals surface area (Å²) in [6.07, 6.45) is -4.76. The Morgan fingerprint density at radius 2 is 1.88 bits per heavy atom. The van der Waals surface area contributed by atoms with Gasteiger partial charge in [-0.05, 0) is 39.3 Å². The normalized spacial score (nSPS) is 11.8. The lowest BCUT2D eigenvalue weighted by Gasteiger charge is -2.10. The van der Waals surface area contributed by atoms with Gasteiger partial charge in [-0.2, -0.15) is 18.2 Å². The molecule has 0 unspecified atom stereocenters. The summed E-state index contributed by atoms with van der Waals surface area (Å²) in [6, 6.07) is 6.08. The first kappa shape index (κ1) is 21.9. The molecule has 4 aromatic rings. The number of aromatic nitrogens is 5. The molecular weight excluding hydrogens is 441 g/mol. The molecule has 0 fully saturated rings. The van der Waals surface area contributed by atoms with E-state index in [2.05, 4.69) is 25.4 Å². The minimum Gasteiger partial charge on any atom is -0.302 e. The summed E-state index contributed by atoms with van der Waals surface area (Å²) < 4.78 is 39.9.